The Kier molecular flexibility index (Phi) is 6.39. The lowest BCUT2D eigenvalue weighted by Gasteiger charge is -2.10. The molecule has 156 valence electrons. The minimum absolute atomic E-state index is 0.107. The van der Waals surface area contributed by atoms with E-state index in [2.05, 4.69) is 20.8 Å². The number of nitrogens with zero attached hydrogens (tertiary/aromatic N) is 2. The van der Waals surface area contributed by atoms with Crippen LogP contribution in [0.2, 0.25) is 0 Å². The first kappa shape index (κ1) is 20.4. The summed E-state index contributed by atoms with van der Waals surface area (Å²) in [5.41, 5.74) is 5.39. The van der Waals surface area contributed by atoms with Crippen molar-refractivity contribution in [2.75, 3.05) is 24.5 Å². The quantitative estimate of drug-likeness (QED) is 0.310. The number of hydrogen-bond acceptors (Lipinski definition) is 7. The van der Waals surface area contributed by atoms with Crippen LogP contribution < -0.4 is 20.2 Å². The second-order valence-electron chi connectivity index (χ2n) is 6.46. The number of fused-ring (bicyclic) bond motifs is 1. The van der Waals surface area contributed by atoms with Crippen molar-refractivity contribution in [3.63, 3.8) is 0 Å². The second kappa shape index (κ2) is 9.73. The van der Waals surface area contributed by atoms with E-state index in [-0.39, 0.29) is 12.5 Å². The van der Waals surface area contributed by atoms with Gasteiger partial charge in [-0.05, 0) is 54.1 Å². The molecule has 1 heterocycles. The number of aromatic nitrogens is 1. The number of ether oxygens (including phenoxy) is 2. The van der Waals surface area contributed by atoms with Crippen molar-refractivity contribution in [3.05, 3.63) is 78.4 Å². The summed E-state index contributed by atoms with van der Waals surface area (Å²) in [7, 11) is 1.56. The van der Waals surface area contributed by atoms with Crippen molar-refractivity contribution in [2.45, 2.75) is 0 Å². The van der Waals surface area contributed by atoms with E-state index in [0.29, 0.717) is 17.2 Å². The highest BCUT2D eigenvalue weighted by molar-refractivity contribution is 7.22. The van der Waals surface area contributed by atoms with Gasteiger partial charge < -0.3 is 14.8 Å². The molecule has 31 heavy (non-hydrogen) atoms. The topological polar surface area (TPSA) is 84.8 Å². The molecule has 0 saturated heterocycles. The van der Waals surface area contributed by atoms with Crippen molar-refractivity contribution in [3.8, 4) is 11.5 Å². The van der Waals surface area contributed by atoms with Gasteiger partial charge in [0.15, 0.2) is 6.61 Å². The number of thiazole rings is 1. The van der Waals surface area contributed by atoms with Gasteiger partial charge in [0.2, 0.25) is 5.13 Å². The average Bonchev–Trinajstić information content (AvgIpc) is 3.22. The van der Waals surface area contributed by atoms with Gasteiger partial charge in [-0.2, -0.15) is 5.10 Å². The molecule has 0 aliphatic carbocycles. The molecule has 1 aromatic heterocycles. The van der Waals surface area contributed by atoms with Gasteiger partial charge in [-0.1, -0.05) is 35.6 Å². The Labute approximate surface area is 183 Å². The van der Waals surface area contributed by atoms with E-state index in [0.717, 1.165) is 20.9 Å². The summed E-state index contributed by atoms with van der Waals surface area (Å²) < 4.78 is 11.9. The predicted octanol–water partition coefficient (Wildman–Crippen LogP) is 4.77. The summed E-state index contributed by atoms with van der Waals surface area (Å²) in [5, 5.41) is 7.74. The number of nitrogens with one attached hydrogen (secondary N) is 2. The molecule has 7 nitrogen and oxygen atoms in total. The molecule has 0 atom stereocenters. The zero-order valence-corrected chi connectivity index (χ0v) is 17.6. The smallest absolute Gasteiger partial charge is 0.262 e. The molecule has 8 heteroatoms. The molecule has 0 saturated carbocycles. The Hall–Kier alpha value is -3.91. The first-order valence-electron chi connectivity index (χ1n) is 9.51. The molecule has 0 fully saturated rings. The van der Waals surface area contributed by atoms with Crippen LogP contribution in [0.25, 0.3) is 10.2 Å². The first-order chi connectivity index (χ1) is 15.2. The summed E-state index contributed by atoms with van der Waals surface area (Å²) in [5.74, 6) is 0.917. The van der Waals surface area contributed by atoms with Crippen LogP contribution in [-0.2, 0) is 4.79 Å². The van der Waals surface area contributed by atoms with Crippen LogP contribution in [0.5, 0.6) is 11.5 Å². The molecule has 3 aromatic carbocycles. The Bertz CT molecular complexity index is 1170. The third-order valence-corrected chi connectivity index (χ3v) is 5.24. The number of benzene rings is 3. The van der Waals surface area contributed by atoms with E-state index < -0.39 is 0 Å². The molecular weight excluding hydrogens is 412 g/mol. The van der Waals surface area contributed by atoms with Crippen molar-refractivity contribution < 1.29 is 14.3 Å². The normalized spacial score (nSPS) is 10.9. The number of amides is 1. The highest BCUT2D eigenvalue weighted by Crippen LogP contribution is 2.25. The Morgan fingerprint density at radius 1 is 1.06 bits per heavy atom. The second-order valence-corrected chi connectivity index (χ2v) is 7.49. The van der Waals surface area contributed by atoms with E-state index in [9.17, 15) is 4.79 Å². The fourth-order valence-electron chi connectivity index (χ4n) is 2.82. The molecule has 0 aliphatic heterocycles. The van der Waals surface area contributed by atoms with Crippen LogP contribution in [0.1, 0.15) is 5.56 Å². The standard InChI is InChI=1S/C23H20N4O3S/c1-29-20-8-4-2-6-18(20)25-22(28)15-30-17-12-10-16(11-13-17)14-24-27-23-26-19-7-3-5-9-21(19)31-23/h2-14H,15H2,1H3,(H,25,28)(H,26,27). The number of methoxy groups -OCH3 is 1. The Morgan fingerprint density at radius 2 is 1.84 bits per heavy atom. The van der Waals surface area contributed by atoms with Crippen LogP contribution in [0.3, 0.4) is 0 Å². The highest BCUT2D eigenvalue weighted by atomic mass is 32.1. The van der Waals surface area contributed by atoms with E-state index in [1.54, 1.807) is 48.9 Å². The first-order valence-corrected chi connectivity index (χ1v) is 10.3. The summed E-state index contributed by atoms with van der Waals surface area (Å²) in [6.45, 7) is -0.107. The highest BCUT2D eigenvalue weighted by Gasteiger charge is 2.07. The van der Waals surface area contributed by atoms with Crippen LogP contribution in [-0.4, -0.2) is 30.8 Å². The van der Waals surface area contributed by atoms with Crippen LogP contribution in [0.4, 0.5) is 10.8 Å². The number of hydrogen-bond donors (Lipinski definition) is 2. The van der Waals surface area contributed by atoms with Crippen LogP contribution >= 0.6 is 11.3 Å². The fraction of sp³-hybridized carbons (Fsp3) is 0.0870. The molecular formula is C23H20N4O3S. The SMILES string of the molecule is COc1ccccc1NC(=O)COc1ccc(C=NNc2nc3ccccc3s2)cc1. The van der Waals surface area contributed by atoms with Gasteiger partial charge in [0, 0.05) is 0 Å². The maximum Gasteiger partial charge on any atom is 0.262 e. The number of carbonyl (C=O) groups excluding carboxylic acids is 1. The van der Waals surface area contributed by atoms with Crippen LogP contribution in [0.15, 0.2) is 77.9 Å². The van der Waals surface area contributed by atoms with Crippen molar-refractivity contribution in [1.29, 1.82) is 0 Å². The lowest BCUT2D eigenvalue weighted by Crippen LogP contribution is -2.20. The predicted molar refractivity (Wildman–Crippen MR) is 124 cm³/mol. The lowest BCUT2D eigenvalue weighted by atomic mass is 10.2. The Balaban J connectivity index is 1.27. The van der Waals surface area contributed by atoms with Gasteiger partial charge in [-0.3, -0.25) is 10.2 Å². The minimum Gasteiger partial charge on any atom is -0.495 e. The summed E-state index contributed by atoms with van der Waals surface area (Å²) in [6.07, 6.45) is 1.70. The molecule has 0 bridgehead atoms. The van der Waals surface area contributed by atoms with Gasteiger partial charge >= 0.3 is 0 Å². The molecule has 4 aromatic rings. The fourth-order valence-corrected chi connectivity index (χ4v) is 3.63. The monoisotopic (exact) mass is 432 g/mol. The van der Waals surface area contributed by atoms with Gasteiger partial charge in [-0.25, -0.2) is 4.98 Å². The van der Waals surface area contributed by atoms with E-state index >= 15 is 0 Å². The molecule has 4 rings (SSSR count). The maximum absolute atomic E-state index is 12.1. The van der Waals surface area contributed by atoms with E-state index in [1.165, 1.54) is 0 Å². The summed E-state index contributed by atoms with van der Waals surface area (Å²) in [6, 6.07) is 22.4. The summed E-state index contributed by atoms with van der Waals surface area (Å²) >= 11 is 1.55. The molecule has 1 amide bonds. The molecule has 0 spiro atoms. The number of anilines is 2. The van der Waals surface area contributed by atoms with Crippen molar-refractivity contribution in [1.82, 2.24) is 4.98 Å². The number of para-hydroxylation sites is 3. The minimum atomic E-state index is -0.268. The number of hydrazone groups is 1. The zero-order valence-electron chi connectivity index (χ0n) is 16.7. The molecule has 0 unspecified atom stereocenters. The van der Waals surface area contributed by atoms with E-state index in [4.69, 9.17) is 9.47 Å². The number of carbonyl (C=O) groups is 1. The van der Waals surface area contributed by atoms with Crippen molar-refractivity contribution in [2.24, 2.45) is 5.10 Å². The zero-order chi connectivity index (χ0) is 21.5. The van der Waals surface area contributed by atoms with Crippen molar-refractivity contribution >= 4 is 44.5 Å². The number of rotatable bonds is 8. The van der Waals surface area contributed by atoms with Gasteiger partial charge in [0.05, 0.1) is 29.2 Å². The largest absolute Gasteiger partial charge is 0.495 e. The molecule has 0 radical (unpaired) electrons. The third kappa shape index (κ3) is 5.37. The third-order valence-electron chi connectivity index (χ3n) is 4.30. The van der Waals surface area contributed by atoms with Gasteiger partial charge in [0.1, 0.15) is 11.5 Å². The molecule has 0 aliphatic rings. The van der Waals surface area contributed by atoms with E-state index in [1.807, 2.05) is 48.5 Å². The van der Waals surface area contributed by atoms with Crippen LogP contribution in [0, 0.1) is 0 Å². The van der Waals surface area contributed by atoms with Gasteiger partial charge in [0.25, 0.3) is 5.91 Å². The molecule has 2 N–H and O–H groups in total. The van der Waals surface area contributed by atoms with Gasteiger partial charge in [-0.15, -0.1) is 0 Å². The summed E-state index contributed by atoms with van der Waals surface area (Å²) in [4.78, 5) is 16.6. The maximum atomic E-state index is 12.1. The lowest BCUT2D eigenvalue weighted by molar-refractivity contribution is -0.118. The average molecular weight is 433 g/mol. The Morgan fingerprint density at radius 3 is 2.65 bits per heavy atom.